The molecule has 0 bridgehead atoms. The van der Waals surface area contributed by atoms with E-state index in [0.717, 1.165) is 12.2 Å². The van der Waals surface area contributed by atoms with Crippen molar-refractivity contribution >= 4 is 11.6 Å². The molecular formula is C21H28ClNO. The average molecular weight is 346 g/mol. The second-order valence-corrected chi connectivity index (χ2v) is 7.30. The third-order valence-corrected chi connectivity index (χ3v) is 4.50. The molecule has 0 aromatic heterocycles. The molecular weight excluding hydrogens is 318 g/mol. The van der Waals surface area contributed by atoms with Crippen molar-refractivity contribution < 1.29 is 4.74 Å². The van der Waals surface area contributed by atoms with E-state index in [-0.39, 0.29) is 6.10 Å². The summed E-state index contributed by atoms with van der Waals surface area (Å²) < 4.78 is 5.69. The Kier molecular flexibility index (Phi) is 6.70. The highest BCUT2D eigenvalue weighted by atomic mass is 35.5. The lowest BCUT2D eigenvalue weighted by Crippen LogP contribution is -2.15. The molecule has 130 valence electrons. The van der Waals surface area contributed by atoms with Crippen molar-refractivity contribution in [3.8, 4) is 5.75 Å². The molecule has 24 heavy (non-hydrogen) atoms. The van der Waals surface area contributed by atoms with Gasteiger partial charge in [0.15, 0.2) is 0 Å². The highest BCUT2D eigenvalue weighted by Crippen LogP contribution is 2.29. The molecule has 0 saturated heterocycles. The molecule has 0 aliphatic carbocycles. The molecule has 0 aliphatic heterocycles. The predicted octanol–water partition coefficient (Wildman–Crippen LogP) is 5.54. The zero-order valence-corrected chi connectivity index (χ0v) is 15.8. The Morgan fingerprint density at radius 3 is 2.08 bits per heavy atom. The maximum absolute atomic E-state index is 6.35. The molecule has 2 nitrogen and oxygen atoms in total. The Morgan fingerprint density at radius 1 is 0.958 bits per heavy atom. The Labute approximate surface area is 151 Å². The van der Waals surface area contributed by atoms with Crippen LogP contribution in [-0.2, 0) is 6.42 Å². The van der Waals surface area contributed by atoms with Crippen LogP contribution >= 0.6 is 11.6 Å². The van der Waals surface area contributed by atoms with Crippen molar-refractivity contribution in [3.05, 3.63) is 64.2 Å². The summed E-state index contributed by atoms with van der Waals surface area (Å²) >= 11 is 6.35. The quantitative estimate of drug-likeness (QED) is 0.715. The van der Waals surface area contributed by atoms with Gasteiger partial charge in [-0.15, -0.1) is 0 Å². The fraction of sp³-hybridized carbons (Fsp3) is 0.429. The topological polar surface area (TPSA) is 35.2 Å². The van der Waals surface area contributed by atoms with Crippen LogP contribution in [0.3, 0.4) is 0 Å². The van der Waals surface area contributed by atoms with E-state index in [2.05, 4.69) is 44.2 Å². The number of ether oxygens (including phenoxy) is 1. The van der Waals surface area contributed by atoms with Crippen LogP contribution in [0.15, 0.2) is 42.5 Å². The van der Waals surface area contributed by atoms with E-state index >= 15 is 0 Å². The van der Waals surface area contributed by atoms with Gasteiger partial charge in [-0.05, 0) is 61.6 Å². The number of hydrogen-bond donors (Lipinski definition) is 1. The molecule has 0 heterocycles. The van der Waals surface area contributed by atoms with Crippen molar-refractivity contribution in [1.29, 1.82) is 0 Å². The summed E-state index contributed by atoms with van der Waals surface area (Å²) in [7, 11) is 0. The van der Waals surface area contributed by atoms with Gasteiger partial charge in [0.05, 0.1) is 11.1 Å². The number of hydrogen-bond acceptors (Lipinski definition) is 2. The summed E-state index contributed by atoms with van der Waals surface area (Å²) in [6, 6.07) is 14.8. The minimum Gasteiger partial charge on any atom is -0.489 e. The summed E-state index contributed by atoms with van der Waals surface area (Å²) in [4.78, 5) is 0. The van der Waals surface area contributed by atoms with Crippen LogP contribution in [0, 0.1) is 0 Å². The van der Waals surface area contributed by atoms with Gasteiger partial charge in [0.25, 0.3) is 0 Å². The van der Waals surface area contributed by atoms with E-state index in [1.807, 2.05) is 26.0 Å². The lowest BCUT2D eigenvalue weighted by molar-refractivity contribution is 0.242. The first-order valence-corrected chi connectivity index (χ1v) is 9.03. The molecule has 3 heteroatoms. The molecule has 1 unspecified atom stereocenters. The minimum absolute atomic E-state index is 0.115. The minimum atomic E-state index is 0.115. The van der Waals surface area contributed by atoms with Crippen LogP contribution in [0.5, 0.6) is 5.75 Å². The first-order valence-electron chi connectivity index (χ1n) is 8.65. The maximum atomic E-state index is 6.35. The number of nitrogens with two attached hydrogens (primary N) is 1. The molecule has 1 atom stereocenters. The lowest BCUT2D eigenvalue weighted by atomic mass is 9.90. The second-order valence-electron chi connectivity index (χ2n) is 6.89. The average Bonchev–Trinajstić information content (AvgIpc) is 2.55. The molecule has 0 aliphatic rings. The fourth-order valence-electron chi connectivity index (χ4n) is 2.80. The molecule has 0 spiro atoms. The van der Waals surface area contributed by atoms with Crippen LogP contribution in [0.1, 0.15) is 56.2 Å². The van der Waals surface area contributed by atoms with Crippen LogP contribution in [0.2, 0.25) is 5.02 Å². The zero-order chi connectivity index (χ0) is 17.7. The third-order valence-electron chi connectivity index (χ3n) is 4.20. The van der Waals surface area contributed by atoms with E-state index in [0.29, 0.717) is 23.4 Å². The summed E-state index contributed by atoms with van der Waals surface area (Å²) in [5.74, 6) is 1.57. The largest absolute Gasteiger partial charge is 0.489 e. The molecule has 0 fully saturated rings. The van der Waals surface area contributed by atoms with Gasteiger partial charge in [0.2, 0.25) is 0 Å². The SMILES string of the molecule is CC(C)Oc1ccc(CC(CN)c2ccc(C(C)C)cc2)cc1Cl. The Balaban J connectivity index is 2.13. The zero-order valence-electron chi connectivity index (χ0n) is 15.1. The van der Waals surface area contributed by atoms with Crippen molar-refractivity contribution in [2.75, 3.05) is 6.54 Å². The molecule has 0 saturated carbocycles. The molecule has 2 N–H and O–H groups in total. The van der Waals surface area contributed by atoms with Crippen molar-refractivity contribution in [2.24, 2.45) is 5.73 Å². The van der Waals surface area contributed by atoms with E-state index < -0.39 is 0 Å². The molecule has 0 radical (unpaired) electrons. The van der Waals surface area contributed by atoms with Crippen LogP contribution < -0.4 is 10.5 Å². The first kappa shape index (κ1) is 18.8. The standard InChI is InChI=1S/C21H28ClNO/c1-14(2)17-6-8-18(9-7-17)19(13-23)11-16-5-10-21(20(22)12-16)24-15(3)4/h5-10,12,14-15,19H,11,13,23H2,1-4H3. The Morgan fingerprint density at radius 2 is 1.58 bits per heavy atom. The van der Waals surface area contributed by atoms with Crippen LogP contribution in [0.4, 0.5) is 0 Å². The molecule has 0 amide bonds. The number of halogens is 1. The van der Waals surface area contributed by atoms with Gasteiger partial charge < -0.3 is 10.5 Å². The Hall–Kier alpha value is -1.51. The van der Waals surface area contributed by atoms with Crippen molar-refractivity contribution in [1.82, 2.24) is 0 Å². The number of benzene rings is 2. The molecule has 2 aromatic rings. The van der Waals surface area contributed by atoms with Gasteiger partial charge in [-0.25, -0.2) is 0 Å². The van der Waals surface area contributed by atoms with Crippen molar-refractivity contribution in [2.45, 2.75) is 52.1 Å². The number of rotatable bonds is 7. The highest BCUT2D eigenvalue weighted by molar-refractivity contribution is 6.32. The van der Waals surface area contributed by atoms with E-state index in [1.54, 1.807) is 0 Å². The van der Waals surface area contributed by atoms with E-state index in [1.165, 1.54) is 16.7 Å². The monoisotopic (exact) mass is 345 g/mol. The third kappa shape index (κ3) is 4.99. The van der Waals surface area contributed by atoms with Crippen LogP contribution in [-0.4, -0.2) is 12.6 Å². The van der Waals surface area contributed by atoms with Gasteiger partial charge in [0.1, 0.15) is 5.75 Å². The first-order chi connectivity index (χ1) is 11.4. The van der Waals surface area contributed by atoms with E-state index in [4.69, 9.17) is 22.1 Å². The van der Waals surface area contributed by atoms with Gasteiger partial charge in [-0.3, -0.25) is 0 Å². The van der Waals surface area contributed by atoms with Crippen molar-refractivity contribution in [3.63, 3.8) is 0 Å². The van der Waals surface area contributed by atoms with Gasteiger partial charge in [-0.2, -0.15) is 0 Å². The predicted molar refractivity (Wildman–Crippen MR) is 103 cm³/mol. The summed E-state index contributed by atoms with van der Waals surface area (Å²) in [6.45, 7) is 9.02. The maximum Gasteiger partial charge on any atom is 0.138 e. The molecule has 2 rings (SSSR count). The smallest absolute Gasteiger partial charge is 0.138 e. The summed E-state index contributed by atoms with van der Waals surface area (Å²) in [5.41, 5.74) is 9.84. The summed E-state index contributed by atoms with van der Waals surface area (Å²) in [5, 5.41) is 0.659. The fourth-order valence-corrected chi connectivity index (χ4v) is 3.04. The highest BCUT2D eigenvalue weighted by Gasteiger charge is 2.13. The van der Waals surface area contributed by atoms with Crippen LogP contribution in [0.25, 0.3) is 0 Å². The van der Waals surface area contributed by atoms with Gasteiger partial charge >= 0.3 is 0 Å². The van der Waals surface area contributed by atoms with E-state index in [9.17, 15) is 0 Å². The lowest BCUT2D eigenvalue weighted by Gasteiger charge is -2.18. The van der Waals surface area contributed by atoms with Gasteiger partial charge in [-0.1, -0.05) is 55.8 Å². The Bertz CT molecular complexity index is 649. The normalized spacial score (nSPS) is 12.7. The second kappa shape index (κ2) is 8.55. The summed E-state index contributed by atoms with van der Waals surface area (Å²) in [6.07, 6.45) is 0.990. The van der Waals surface area contributed by atoms with Gasteiger partial charge in [0, 0.05) is 5.92 Å². The molecule has 2 aromatic carbocycles.